The van der Waals surface area contributed by atoms with E-state index in [1.165, 1.54) is 22.9 Å². The third-order valence-electron chi connectivity index (χ3n) is 3.02. The first-order valence-electron chi connectivity index (χ1n) is 5.49. The average Bonchev–Trinajstić information content (AvgIpc) is 3.03. The molecule has 1 aromatic rings. The quantitative estimate of drug-likeness (QED) is 0.889. The monoisotopic (exact) mass is 267 g/mol. The molecule has 1 aliphatic carbocycles. The topological polar surface area (TPSA) is 21.3 Å². The molecular weight excluding hydrogens is 254 g/mol. The summed E-state index contributed by atoms with van der Waals surface area (Å²) >= 11 is 3.58. The summed E-state index contributed by atoms with van der Waals surface area (Å²) in [7, 11) is 0. The minimum absolute atomic E-state index is 0.490. The normalized spacial score (nSPS) is 24.5. The average molecular weight is 268 g/mol. The van der Waals surface area contributed by atoms with Crippen molar-refractivity contribution in [1.29, 1.82) is 0 Å². The Bertz CT molecular complexity index is 376. The lowest BCUT2D eigenvalue weighted by atomic mass is 10.0. The molecule has 2 nitrogen and oxygen atoms in total. The van der Waals surface area contributed by atoms with Gasteiger partial charge in [0.15, 0.2) is 0 Å². The van der Waals surface area contributed by atoms with Gasteiger partial charge in [0.25, 0.3) is 0 Å². The summed E-state index contributed by atoms with van der Waals surface area (Å²) in [5, 5.41) is 3.62. The fourth-order valence-electron chi connectivity index (χ4n) is 2.06. The molecule has 0 bridgehead atoms. The summed E-state index contributed by atoms with van der Waals surface area (Å²) in [6.07, 6.45) is 3.74. The number of benzene rings is 1. The van der Waals surface area contributed by atoms with Crippen LogP contribution in [-0.4, -0.2) is 18.7 Å². The van der Waals surface area contributed by atoms with E-state index in [4.69, 9.17) is 4.74 Å². The summed E-state index contributed by atoms with van der Waals surface area (Å²) in [5.74, 6) is 1.04. The molecule has 1 N–H and O–H groups in total. The number of ether oxygens (including phenoxy) is 1. The molecule has 1 fully saturated rings. The second-order valence-electron chi connectivity index (χ2n) is 4.37. The predicted octanol–water partition coefficient (Wildman–Crippen LogP) is 2.50. The molecule has 1 unspecified atom stereocenters. The maximum Gasteiger partial charge on any atom is 0.123 e. The van der Waals surface area contributed by atoms with Gasteiger partial charge in [-0.1, -0.05) is 22.0 Å². The second kappa shape index (κ2) is 3.80. The highest BCUT2D eigenvalue weighted by atomic mass is 79.9. The van der Waals surface area contributed by atoms with E-state index in [0.717, 1.165) is 24.8 Å². The SMILES string of the molecule is Brc1cccc2c1CC(NC1CC1)CO2. The van der Waals surface area contributed by atoms with E-state index in [-0.39, 0.29) is 0 Å². The first-order valence-corrected chi connectivity index (χ1v) is 6.28. The number of fused-ring (bicyclic) bond motifs is 1. The second-order valence-corrected chi connectivity index (χ2v) is 5.22. The summed E-state index contributed by atoms with van der Waals surface area (Å²) in [5.41, 5.74) is 1.31. The molecule has 0 saturated heterocycles. The Labute approximate surface area is 98.1 Å². The summed E-state index contributed by atoms with van der Waals surface area (Å²) in [4.78, 5) is 0. The van der Waals surface area contributed by atoms with Gasteiger partial charge in [-0.25, -0.2) is 0 Å². The van der Waals surface area contributed by atoms with Gasteiger partial charge in [0.05, 0.1) is 0 Å². The number of nitrogens with one attached hydrogen (secondary N) is 1. The number of halogens is 1. The van der Waals surface area contributed by atoms with Gasteiger partial charge in [0, 0.05) is 22.1 Å². The van der Waals surface area contributed by atoms with Crippen LogP contribution in [0.15, 0.2) is 22.7 Å². The Morgan fingerprint density at radius 1 is 1.27 bits per heavy atom. The Hall–Kier alpha value is -0.540. The van der Waals surface area contributed by atoms with E-state index >= 15 is 0 Å². The van der Waals surface area contributed by atoms with E-state index in [1.807, 2.05) is 12.1 Å². The van der Waals surface area contributed by atoms with Gasteiger partial charge in [-0.15, -0.1) is 0 Å². The van der Waals surface area contributed by atoms with Crippen molar-refractivity contribution >= 4 is 15.9 Å². The predicted molar refractivity (Wildman–Crippen MR) is 63.3 cm³/mol. The lowest BCUT2D eigenvalue weighted by molar-refractivity contribution is 0.237. The molecule has 0 radical (unpaired) electrons. The summed E-state index contributed by atoms with van der Waals surface area (Å²) in [6, 6.07) is 7.40. The maximum absolute atomic E-state index is 5.75. The van der Waals surface area contributed by atoms with E-state index in [1.54, 1.807) is 0 Å². The van der Waals surface area contributed by atoms with Crippen molar-refractivity contribution in [2.24, 2.45) is 0 Å². The molecule has 1 aliphatic heterocycles. The molecule has 0 spiro atoms. The molecule has 1 heterocycles. The molecule has 0 amide bonds. The highest BCUT2D eigenvalue weighted by molar-refractivity contribution is 9.10. The van der Waals surface area contributed by atoms with Gasteiger partial charge in [0.1, 0.15) is 12.4 Å². The van der Waals surface area contributed by atoms with Gasteiger partial charge in [0.2, 0.25) is 0 Å². The number of rotatable bonds is 2. The highest BCUT2D eigenvalue weighted by Gasteiger charge is 2.28. The standard InChI is InChI=1S/C12H14BrNO/c13-11-2-1-3-12-10(11)6-9(7-15-12)14-8-4-5-8/h1-3,8-9,14H,4-7H2. The van der Waals surface area contributed by atoms with Gasteiger partial charge in [-0.2, -0.15) is 0 Å². The van der Waals surface area contributed by atoms with Crippen molar-refractivity contribution in [3.05, 3.63) is 28.2 Å². The van der Waals surface area contributed by atoms with E-state index in [2.05, 4.69) is 27.3 Å². The minimum atomic E-state index is 0.490. The van der Waals surface area contributed by atoms with Crippen molar-refractivity contribution in [3.63, 3.8) is 0 Å². The zero-order valence-corrected chi connectivity index (χ0v) is 10.1. The molecule has 3 heteroatoms. The zero-order valence-electron chi connectivity index (χ0n) is 8.50. The van der Waals surface area contributed by atoms with E-state index in [0.29, 0.717) is 6.04 Å². The van der Waals surface area contributed by atoms with Crippen LogP contribution in [0.4, 0.5) is 0 Å². The van der Waals surface area contributed by atoms with Gasteiger partial charge in [-0.05, 0) is 31.4 Å². The van der Waals surface area contributed by atoms with E-state index < -0.39 is 0 Å². The van der Waals surface area contributed by atoms with Crippen molar-refractivity contribution < 1.29 is 4.74 Å². The largest absolute Gasteiger partial charge is 0.492 e. The van der Waals surface area contributed by atoms with Crippen LogP contribution in [0.3, 0.4) is 0 Å². The van der Waals surface area contributed by atoms with Crippen LogP contribution in [-0.2, 0) is 6.42 Å². The van der Waals surface area contributed by atoms with Crippen LogP contribution < -0.4 is 10.1 Å². The summed E-state index contributed by atoms with van der Waals surface area (Å²) < 4.78 is 6.92. The lowest BCUT2D eigenvalue weighted by Crippen LogP contribution is -2.40. The molecule has 0 aromatic heterocycles. The molecule has 15 heavy (non-hydrogen) atoms. The minimum Gasteiger partial charge on any atom is -0.492 e. The van der Waals surface area contributed by atoms with Crippen LogP contribution in [0.5, 0.6) is 5.75 Å². The van der Waals surface area contributed by atoms with Crippen LogP contribution in [0.1, 0.15) is 18.4 Å². The third kappa shape index (κ3) is 2.04. The number of hydrogen-bond acceptors (Lipinski definition) is 2. The van der Waals surface area contributed by atoms with Crippen LogP contribution in [0.2, 0.25) is 0 Å². The Morgan fingerprint density at radius 2 is 2.13 bits per heavy atom. The maximum atomic E-state index is 5.75. The van der Waals surface area contributed by atoms with Crippen molar-refractivity contribution in [1.82, 2.24) is 5.32 Å². The molecule has 80 valence electrons. The Kier molecular flexibility index (Phi) is 2.45. The lowest BCUT2D eigenvalue weighted by Gasteiger charge is -2.26. The Morgan fingerprint density at radius 3 is 2.93 bits per heavy atom. The summed E-state index contributed by atoms with van der Waals surface area (Å²) in [6.45, 7) is 0.806. The first-order chi connectivity index (χ1) is 7.33. The Balaban J connectivity index is 1.78. The van der Waals surface area contributed by atoms with Crippen LogP contribution in [0.25, 0.3) is 0 Å². The van der Waals surface area contributed by atoms with Crippen molar-refractivity contribution in [3.8, 4) is 5.75 Å². The molecule has 2 aliphatic rings. The van der Waals surface area contributed by atoms with Crippen molar-refractivity contribution in [2.75, 3.05) is 6.61 Å². The number of hydrogen-bond donors (Lipinski definition) is 1. The fourth-order valence-corrected chi connectivity index (χ4v) is 2.57. The first kappa shape index (κ1) is 9.67. The van der Waals surface area contributed by atoms with Gasteiger partial charge >= 0.3 is 0 Å². The third-order valence-corrected chi connectivity index (χ3v) is 3.76. The zero-order chi connectivity index (χ0) is 10.3. The van der Waals surface area contributed by atoms with Crippen LogP contribution >= 0.6 is 15.9 Å². The van der Waals surface area contributed by atoms with E-state index in [9.17, 15) is 0 Å². The molecule has 1 aromatic carbocycles. The highest BCUT2D eigenvalue weighted by Crippen LogP contribution is 2.32. The smallest absolute Gasteiger partial charge is 0.123 e. The fraction of sp³-hybridized carbons (Fsp3) is 0.500. The van der Waals surface area contributed by atoms with Gasteiger partial charge in [-0.3, -0.25) is 0 Å². The van der Waals surface area contributed by atoms with Crippen molar-refractivity contribution in [2.45, 2.75) is 31.3 Å². The molecule has 1 atom stereocenters. The molecule has 1 saturated carbocycles. The molecule has 3 rings (SSSR count). The van der Waals surface area contributed by atoms with Crippen LogP contribution in [0, 0.1) is 0 Å². The molecular formula is C12H14BrNO. The van der Waals surface area contributed by atoms with Gasteiger partial charge < -0.3 is 10.1 Å².